The number of hydrogen-bond donors (Lipinski definition) is 2. The van der Waals surface area contributed by atoms with Gasteiger partial charge in [-0.3, -0.25) is 9.59 Å². The molecule has 0 saturated heterocycles. The number of carbonyl (C=O) groups excluding carboxylic acids is 1. The zero-order chi connectivity index (χ0) is 11.5. The molecule has 0 bridgehead atoms. The summed E-state index contributed by atoms with van der Waals surface area (Å²) in [4.78, 5) is 21.2. The predicted molar refractivity (Wildman–Crippen MR) is 58.9 cm³/mol. The van der Waals surface area contributed by atoms with Crippen molar-refractivity contribution in [1.29, 1.82) is 0 Å². The molecule has 4 heteroatoms. The Morgan fingerprint density at radius 1 is 1.07 bits per heavy atom. The summed E-state index contributed by atoms with van der Waals surface area (Å²) >= 11 is 0. The zero-order valence-corrected chi connectivity index (χ0v) is 9.42. The van der Waals surface area contributed by atoms with Gasteiger partial charge in [0.15, 0.2) is 0 Å². The molecule has 0 radical (unpaired) electrons. The highest BCUT2D eigenvalue weighted by Crippen LogP contribution is 2.06. The number of carboxylic acids is 1. The zero-order valence-electron chi connectivity index (χ0n) is 9.42. The van der Waals surface area contributed by atoms with Crippen LogP contribution in [-0.2, 0) is 9.59 Å². The topological polar surface area (TPSA) is 66.4 Å². The van der Waals surface area contributed by atoms with Gasteiger partial charge in [0.25, 0.3) is 0 Å². The van der Waals surface area contributed by atoms with Crippen LogP contribution in [0.25, 0.3) is 0 Å². The summed E-state index contributed by atoms with van der Waals surface area (Å²) < 4.78 is 0. The fraction of sp³-hybridized carbons (Fsp3) is 0.818. The number of ketones is 1. The first-order chi connectivity index (χ1) is 7.16. The molecular formula is C11H21NO3. The molecule has 0 heterocycles. The number of unbranched alkanes of at least 4 members (excludes halogenated alkanes) is 4. The van der Waals surface area contributed by atoms with E-state index in [2.05, 4.69) is 5.32 Å². The van der Waals surface area contributed by atoms with Crippen molar-refractivity contribution in [3.05, 3.63) is 0 Å². The molecule has 0 aromatic rings. The first kappa shape index (κ1) is 14.1. The molecule has 0 saturated carbocycles. The van der Waals surface area contributed by atoms with E-state index >= 15 is 0 Å². The van der Waals surface area contributed by atoms with Gasteiger partial charge in [0.2, 0.25) is 0 Å². The molecule has 0 amide bonds. The van der Waals surface area contributed by atoms with E-state index in [4.69, 9.17) is 5.11 Å². The van der Waals surface area contributed by atoms with E-state index in [1.807, 2.05) is 7.05 Å². The summed E-state index contributed by atoms with van der Waals surface area (Å²) in [6, 6.07) is 0. The van der Waals surface area contributed by atoms with Crippen LogP contribution in [0, 0.1) is 0 Å². The molecule has 0 atom stereocenters. The van der Waals surface area contributed by atoms with Gasteiger partial charge >= 0.3 is 5.97 Å². The first-order valence-corrected chi connectivity index (χ1v) is 5.55. The van der Waals surface area contributed by atoms with Gasteiger partial charge in [-0.1, -0.05) is 19.3 Å². The fourth-order valence-electron chi connectivity index (χ4n) is 1.41. The Hall–Kier alpha value is -0.900. The number of Topliss-reactive ketones (excluding diaryl/α,β-unsaturated/α-hetero) is 1. The number of nitrogens with one attached hydrogen (secondary N) is 1. The summed E-state index contributed by atoms with van der Waals surface area (Å²) in [7, 11) is 1.94. The minimum atomic E-state index is -1.02. The van der Waals surface area contributed by atoms with Gasteiger partial charge in [-0.05, 0) is 26.4 Å². The van der Waals surface area contributed by atoms with Crippen molar-refractivity contribution in [2.24, 2.45) is 0 Å². The van der Waals surface area contributed by atoms with Crippen molar-refractivity contribution in [2.75, 3.05) is 13.6 Å². The van der Waals surface area contributed by atoms with Crippen LogP contribution >= 0.6 is 0 Å². The molecule has 0 unspecified atom stereocenters. The van der Waals surface area contributed by atoms with E-state index in [-0.39, 0.29) is 12.2 Å². The molecule has 0 spiro atoms. The molecule has 0 aliphatic heterocycles. The van der Waals surface area contributed by atoms with Crippen molar-refractivity contribution in [3.63, 3.8) is 0 Å². The molecule has 2 N–H and O–H groups in total. The van der Waals surface area contributed by atoms with E-state index in [0.29, 0.717) is 6.42 Å². The Morgan fingerprint density at radius 2 is 1.67 bits per heavy atom. The van der Waals surface area contributed by atoms with Crippen LogP contribution in [0.1, 0.15) is 44.9 Å². The van der Waals surface area contributed by atoms with Crippen LogP contribution in [-0.4, -0.2) is 30.5 Å². The van der Waals surface area contributed by atoms with Gasteiger partial charge in [-0.25, -0.2) is 0 Å². The van der Waals surface area contributed by atoms with Crippen molar-refractivity contribution in [3.8, 4) is 0 Å². The number of rotatable bonds is 10. The van der Waals surface area contributed by atoms with E-state index in [0.717, 1.165) is 25.8 Å². The molecule has 15 heavy (non-hydrogen) atoms. The van der Waals surface area contributed by atoms with E-state index in [9.17, 15) is 9.59 Å². The third kappa shape index (κ3) is 11.0. The largest absolute Gasteiger partial charge is 0.481 e. The maximum atomic E-state index is 11.0. The average molecular weight is 215 g/mol. The molecule has 4 nitrogen and oxygen atoms in total. The number of aliphatic carboxylic acids is 1. The Balaban J connectivity index is 3.16. The number of hydrogen-bond acceptors (Lipinski definition) is 3. The van der Waals surface area contributed by atoms with Crippen LogP contribution in [0.4, 0.5) is 0 Å². The van der Waals surface area contributed by atoms with E-state index < -0.39 is 5.97 Å². The third-order valence-corrected chi connectivity index (χ3v) is 2.23. The molecule has 0 aliphatic rings. The molecule has 0 aromatic heterocycles. The second-order valence-electron chi connectivity index (χ2n) is 3.73. The van der Waals surface area contributed by atoms with Crippen LogP contribution in [0.2, 0.25) is 0 Å². The van der Waals surface area contributed by atoms with Crippen LogP contribution in [0.3, 0.4) is 0 Å². The maximum absolute atomic E-state index is 11.0. The van der Waals surface area contributed by atoms with Crippen molar-refractivity contribution >= 4 is 11.8 Å². The van der Waals surface area contributed by atoms with Gasteiger partial charge < -0.3 is 10.4 Å². The van der Waals surface area contributed by atoms with E-state index in [1.54, 1.807) is 0 Å². The number of carbonyl (C=O) groups is 2. The van der Waals surface area contributed by atoms with Gasteiger partial charge in [0.1, 0.15) is 12.2 Å². The lowest BCUT2D eigenvalue weighted by molar-refractivity contribution is -0.140. The average Bonchev–Trinajstić information content (AvgIpc) is 2.15. The van der Waals surface area contributed by atoms with Gasteiger partial charge in [-0.15, -0.1) is 0 Å². The van der Waals surface area contributed by atoms with Crippen LogP contribution < -0.4 is 5.32 Å². The SMILES string of the molecule is CNCCCCCCCC(=O)CC(=O)O. The minimum absolute atomic E-state index is 0.155. The lowest BCUT2D eigenvalue weighted by Crippen LogP contribution is -2.07. The monoisotopic (exact) mass is 215 g/mol. The highest BCUT2D eigenvalue weighted by atomic mass is 16.4. The first-order valence-electron chi connectivity index (χ1n) is 5.55. The molecule has 0 rings (SSSR count). The lowest BCUT2D eigenvalue weighted by Gasteiger charge is -2.00. The van der Waals surface area contributed by atoms with Gasteiger partial charge in [0, 0.05) is 6.42 Å². The normalized spacial score (nSPS) is 10.2. The van der Waals surface area contributed by atoms with E-state index in [1.165, 1.54) is 12.8 Å². The molecule has 0 aromatic carbocycles. The second-order valence-corrected chi connectivity index (χ2v) is 3.73. The van der Waals surface area contributed by atoms with Crippen molar-refractivity contribution < 1.29 is 14.7 Å². The Morgan fingerprint density at radius 3 is 2.27 bits per heavy atom. The van der Waals surface area contributed by atoms with Gasteiger partial charge in [0.05, 0.1) is 0 Å². The highest BCUT2D eigenvalue weighted by Gasteiger charge is 2.06. The molecule has 88 valence electrons. The van der Waals surface area contributed by atoms with Crippen LogP contribution in [0.15, 0.2) is 0 Å². The summed E-state index contributed by atoms with van der Waals surface area (Å²) in [5.41, 5.74) is 0. The standard InChI is InChI=1S/C11H21NO3/c1-12-8-6-4-2-3-5-7-10(13)9-11(14)15/h12H,2-9H2,1H3,(H,14,15). The quantitative estimate of drug-likeness (QED) is 0.429. The Bertz CT molecular complexity index is 192. The minimum Gasteiger partial charge on any atom is -0.481 e. The summed E-state index contributed by atoms with van der Waals surface area (Å²) in [6.07, 6.45) is 5.41. The maximum Gasteiger partial charge on any atom is 0.310 e. The number of carboxylic acid groups (broad SMARTS) is 1. The predicted octanol–water partition coefficient (Wildman–Crippen LogP) is 1.59. The lowest BCUT2D eigenvalue weighted by atomic mass is 10.1. The summed E-state index contributed by atoms with van der Waals surface area (Å²) in [5.74, 6) is -1.17. The second kappa shape index (κ2) is 9.65. The smallest absolute Gasteiger partial charge is 0.310 e. The third-order valence-electron chi connectivity index (χ3n) is 2.23. The van der Waals surface area contributed by atoms with Crippen LogP contribution in [0.5, 0.6) is 0 Å². The van der Waals surface area contributed by atoms with Crippen molar-refractivity contribution in [1.82, 2.24) is 5.32 Å². The van der Waals surface area contributed by atoms with Gasteiger partial charge in [-0.2, -0.15) is 0 Å². The molecule has 0 fully saturated rings. The Kier molecular flexibility index (Phi) is 9.07. The molecular weight excluding hydrogens is 194 g/mol. The van der Waals surface area contributed by atoms with Crippen molar-refractivity contribution in [2.45, 2.75) is 44.9 Å². The summed E-state index contributed by atoms with van der Waals surface area (Å²) in [6.45, 7) is 1.04. The Labute approximate surface area is 91.1 Å². The molecule has 0 aliphatic carbocycles. The summed E-state index contributed by atoms with van der Waals surface area (Å²) in [5, 5.41) is 11.4. The fourth-order valence-corrected chi connectivity index (χ4v) is 1.41. The highest BCUT2D eigenvalue weighted by molar-refractivity contribution is 5.94.